The molecule has 0 aliphatic heterocycles. The van der Waals surface area contributed by atoms with Crippen molar-refractivity contribution in [2.24, 2.45) is 0 Å². The van der Waals surface area contributed by atoms with Crippen LogP contribution in [0.4, 0.5) is 0 Å². The van der Waals surface area contributed by atoms with E-state index in [1.54, 1.807) is 0 Å². The summed E-state index contributed by atoms with van der Waals surface area (Å²) in [4.78, 5) is 0. The van der Waals surface area contributed by atoms with Gasteiger partial charge in [0.2, 0.25) is 10.0 Å². The van der Waals surface area contributed by atoms with Crippen LogP contribution in [0, 0.1) is 0 Å². The molecule has 0 saturated heterocycles. The van der Waals surface area contributed by atoms with Gasteiger partial charge in [0.05, 0.1) is 18.0 Å². The standard InChI is InChI=1S/C20H37NO6SSi/c1-17(21-28(22,23)13-9-12-25-16-24-4)18-10-8-11-19(14-18)26-15-20(2,3)27-29(5,6)7/h8,10-11,14,17,21H,9,12-13,15-16H2,1-7H3. The molecule has 9 heteroatoms. The summed E-state index contributed by atoms with van der Waals surface area (Å²) < 4.78 is 49.2. The van der Waals surface area contributed by atoms with Gasteiger partial charge in [-0.15, -0.1) is 0 Å². The second-order valence-electron chi connectivity index (χ2n) is 8.66. The van der Waals surface area contributed by atoms with Crippen LogP contribution in [0.15, 0.2) is 24.3 Å². The Hall–Kier alpha value is -0.973. The van der Waals surface area contributed by atoms with Gasteiger partial charge in [-0.25, -0.2) is 13.1 Å². The van der Waals surface area contributed by atoms with Crippen molar-refractivity contribution in [1.29, 1.82) is 0 Å². The number of benzene rings is 1. The van der Waals surface area contributed by atoms with Crippen LogP contribution in [0.2, 0.25) is 19.6 Å². The summed E-state index contributed by atoms with van der Waals surface area (Å²) in [5.74, 6) is 0.688. The van der Waals surface area contributed by atoms with E-state index in [4.69, 9.17) is 18.6 Å². The van der Waals surface area contributed by atoms with Gasteiger partial charge in [0.15, 0.2) is 8.32 Å². The first-order valence-electron chi connectivity index (χ1n) is 9.83. The van der Waals surface area contributed by atoms with Gasteiger partial charge < -0.3 is 18.6 Å². The Morgan fingerprint density at radius 3 is 2.52 bits per heavy atom. The average molecular weight is 448 g/mol. The van der Waals surface area contributed by atoms with Crippen molar-refractivity contribution in [3.8, 4) is 5.75 Å². The molecule has 0 amide bonds. The Kier molecular flexibility index (Phi) is 10.3. The third kappa shape index (κ3) is 11.7. The van der Waals surface area contributed by atoms with Gasteiger partial charge >= 0.3 is 0 Å². The maximum atomic E-state index is 12.3. The SMILES string of the molecule is COCOCCCS(=O)(=O)NC(C)c1cccc(OCC(C)(C)O[Si](C)(C)C)c1. The van der Waals surface area contributed by atoms with Crippen molar-refractivity contribution in [3.05, 3.63) is 29.8 Å². The van der Waals surface area contributed by atoms with E-state index in [2.05, 4.69) is 24.4 Å². The molecule has 29 heavy (non-hydrogen) atoms. The van der Waals surface area contributed by atoms with Crippen LogP contribution in [0.25, 0.3) is 0 Å². The van der Waals surface area contributed by atoms with Crippen LogP contribution in [0.5, 0.6) is 5.75 Å². The largest absolute Gasteiger partial charge is 0.491 e. The highest BCUT2D eigenvalue weighted by atomic mass is 32.2. The first-order valence-corrected chi connectivity index (χ1v) is 14.9. The third-order valence-electron chi connectivity index (χ3n) is 3.79. The second kappa shape index (κ2) is 11.4. The van der Waals surface area contributed by atoms with E-state index in [0.29, 0.717) is 25.4 Å². The zero-order valence-electron chi connectivity index (χ0n) is 18.8. The summed E-state index contributed by atoms with van der Waals surface area (Å²) in [5, 5.41) is 0. The fourth-order valence-electron chi connectivity index (χ4n) is 2.88. The molecule has 1 aromatic carbocycles. The molecular weight excluding hydrogens is 410 g/mol. The minimum Gasteiger partial charge on any atom is -0.491 e. The summed E-state index contributed by atoms with van der Waals surface area (Å²) in [6.45, 7) is 13.2. The van der Waals surface area contributed by atoms with Crippen LogP contribution in [0.1, 0.15) is 38.8 Å². The number of hydrogen-bond donors (Lipinski definition) is 1. The molecule has 1 N–H and O–H groups in total. The van der Waals surface area contributed by atoms with E-state index in [0.717, 1.165) is 5.56 Å². The molecular formula is C20H37NO6SSi. The highest BCUT2D eigenvalue weighted by molar-refractivity contribution is 7.89. The lowest BCUT2D eigenvalue weighted by atomic mass is 10.1. The Labute approximate surface area is 177 Å². The normalized spacial score (nSPS) is 14.0. The Morgan fingerprint density at radius 2 is 1.90 bits per heavy atom. The zero-order chi connectivity index (χ0) is 22.1. The monoisotopic (exact) mass is 447 g/mol. The summed E-state index contributed by atoms with van der Waals surface area (Å²) in [6, 6.07) is 7.10. The van der Waals surface area contributed by atoms with Crippen LogP contribution in [0.3, 0.4) is 0 Å². The van der Waals surface area contributed by atoms with Gasteiger partial charge in [0.25, 0.3) is 0 Å². The molecule has 7 nitrogen and oxygen atoms in total. The van der Waals surface area contributed by atoms with Crippen LogP contribution in [-0.4, -0.2) is 55.2 Å². The summed E-state index contributed by atoms with van der Waals surface area (Å²) in [6.07, 6.45) is 0.404. The van der Waals surface area contributed by atoms with E-state index >= 15 is 0 Å². The van der Waals surface area contributed by atoms with Crippen molar-refractivity contribution in [2.45, 2.75) is 58.5 Å². The minimum atomic E-state index is -3.41. The Balaban J connectivity index is 2.62. The van der Waals surface area contributed by atoms with Gasteiger partial charge in [0.1, 0.15) is 19.1 Å². The molecule has 1 aromatic rings. The molecule has 1 rings (SSSR count). The lowest BCUT2D eigenvalue weighted by Crippen LogP contribution is -2.42. The minimum absolute atomic E-state index is 0.000530. The smallest absolute Gasteiger partial charge is 0.212 e. The fourth-order valence-corrected chi connectivity index (χ4v) is 5.89. The molecule has 0 aliphatic rings. The fraction of sp³-hybridized carbons (Fsp3) is 0.700. The molecule has 0 aliphatic carbocycles. The Morgan fingerprint density at radius 1 is 1.21 bits per heavy atom. The van der Waals surface area contributed by atoms with Crippen LogP contribution < -0.4 is 9.46 Å². The van der Waals surface area contributed by atoms with Crippen molar-refractivity contribution < 1.29 is 27.1 Å². The summed E-state index contributed by atoms with van der Waals surface area (Å²) in [5.41, 5.74) is 0.448. The summed E-state index contributed by atoms with van der Waals surface area (Å²) >= 11 is 0. The first-order chi connectivity index (χ1) is 13.3. The van der Waals surface area contributed by atoms with Gasteiger partial charge in [-0.3, -0.25) is 0 Å². The zero-order valence-corrected chi connectivity index (χ0v) is 20.6. The number of hydrogen-bond acceptors (Lipinski definition) is 6. The molecule has 168 valence electrons. The molecule has 0 bridgehead atoms. The van der Waals surface area contributed by atoms with Crippen molar-refractivity contribution in [1.82, 2.24) is 4.72 Å². The van der Waals surface area contributed by atoms with Crippen LogP contribution in [-0.2, 0) is 23.9 Å². The Bertz CT molecular complexity index is 718. The number of sulfonamides is 1. The molecule has 0 fully saturated rings. The predicted molar refractivity (Wildman–Crippen MR) is 118 cm³/mol. The van der Waals surface area contributed by atoms with E-state index in [1.165, 1.54) is 7.11 Å². The number of methoxy groups -OCH3 is 1. The number of ether oxygens (including phenoxy) is 3. The molecule has 0 aromatic heterocycles. The van der Waals surface area contributed by atoms with Gasteiger partial charge in [0, 0.05) is 13.2 Å². The van der Waals surface area contributed by atoms with E-state index in [9.17, 15) is 8.42 Å². The third-order valence-corrected chi connectivity index (χ3v) is 6.49. The molecule has 0 saturated carbocycles. The van der Waals surface area contributed by atoms with E-state index in [-0.39, 0.29) is 18.6 Å². The van der Waals surface area contributed by atoms with Crippen molar-refractivity contribution in [3.63, 3.8) is 0 Å². The topological polar surface area (TPSA) is 83.1 Å². The molecule has 0 heterocycles. The number of rotatable bonds is 14. The quantitative estimate of drug-likeness (QED) is 0.266. The van der Waals surface area contributed by atoms with Gasteiger partial charge in [-0.2, -0.15) is 0 Å². The van der Waals surface area contributed by atoms with Crippen molar-refractivity contribution in [2.75, 3.05) is 32.9 Å². The van der Waals surface area contributed by atoms with E-state index < -0.39 is 23.9 Å². The highest BCUT2D eigenvalue weighted by Gasteiger charge is 2.28. The van der Waals surface area contributed by atoms with Crippen molar-refractivity contribution >= 4 is 18.3 Å². The molecule has 1 unspecified atom stereocenters. The molecule has 0 spiro atoms. The van der Waals surface area contributed by atoms with Gasteiger partial charge in [-0.05, 0) is 64.5 Å². The predicted octanol–water partition coefficient (Wildman–Crippen LogP) is 3.69. The lowest BCUT2D eigenvalue weighted by molar-refractivity contribution is -0.0298. The number of nitrogens with one attached hydrogen (secondary N) is 1. The molecule has 0 radical (unpaired) electrons. The van der Waals surface area contributed by atoms with Crippen LogP contribution >= 0.6 is 0 Å². The maximum Gasteiger partial charge on any atom is 0.212 e. The van der Waals surface area contributed by atoms with E-state index in [1.807, 2.05) is 45.0 Å². The molecule has 1 atom stereocenters. The lowest BCUT2D eigenvalue weighted by Gasteiger charge is -2.32. The average Bonchev–Trinajstić information content (AvgIpc) is 2.58. The maximum absolute atomic E-state index is 12.3. The highest BCUT2D eigenvalue weighted by Crippen LogP contribution is 2.23. The summed E-state index contributed by atoms with van der Waals surface area (Å²) in [7, 11) is -3.56. The van der Waals surface area contributed by atoms with Gasteiger partial charge in [-0.1, -0.05) is 12.1 Å². The first kappa shape index (κ1) is 26.1. The second-order valence-corrected chi connectivity index (χ2v) is 15.0.